The number of benzene rings is 2. The topological polar surface area (TPSA) is 40.5 Å². The molecule has 2 aromatic rings. The van der Waals surface area contributed by atoms with Gasteiger partial charge in [-0.1, -0.05) is 55.5 Å². The van der Waals surface area contributed by atoms with E-state index in [1.54, 1.807) is 0 Å². The van der Waals surface area contributed by atoms with E-state index in [1.807, 2.05) is 12.1 Å². The average molecular weight is 375 g/mol. The highest BCUT2D eigenvalue weighted by atomic mass is 16.3. The molecule has 1 unspecified atom stereocenters. The van der Waals surface area contributed by atoms with Gasteiger partial charge in [-0.3, -0.25) is 0 Å². The summed E-state index contributed by atoms with van der Waals surface area (Å²) in [7, 11) is 0. The first-order valence-electron chi connectivity index (χ1n) is 10.8. The molecule has 0 heterocycles. The smallest absolute Gasteiger partial charge is 0.115 e. The van der Waals surface area contributed by atoms with Crippen molar-refractivity contribution in [1.82, 2.24) is 0 Å². The predicted molar refractivity (Wildman–Crippen MR) is 113 cm³/mol. The second-order valence-corrected chi connectivity index (χ2v) is 9.45. The maximum Gasteiger partial charge on any atom is 0.115 e. The first-order chi connectivity index (χ1) is 13.6. The number of hydrogen-bond acceptors (Lipinski definition) is 2. The molecule has 146 valence electrons. The fourth-order valence-corrected chi connectivity index (χ4v) is 6.71. The van der Waals surface area contributed by atoms with E-state index in [1.165, 1.54) is 23.1 Å². The van der Waals surface area contributed by atoms with E-state index in [0.29, 0.717) is 29.4 Å². The third kappa shape index (κ3) is 2.81. The van der Waals surface area contributed by atoms with Crippen molar-refractivity contribution in [2.24, 2.45) is 23.2 Å². The van der Waals surface area contributed by atoms with Crippen molar-refractivity contribution in [2.75, 3.05) is 0 Å². The standard InChI is InChI=1S/C26H30O2/c1-26-14-13-22-21-12-10-20(27)15-18(21)9-11-23(22)25(26)19(16-24(26)28)8-7-17-5-3-2-4-6-17/h2-8,10,12,15,19,22-25,27-28H,9,11,13-14,16H2,1H3/b8-7-/t19?,22-,23-,24+,25+,26-/m1/s1. The molecule has 0 radical (unpaired) electrons. The Morgan fingerprint density at radius 3 is 2.71 bits per heavy atom. The molecule has 2 saturated carbocycles. The SMILES string of the molecule is C[C@]12CC[C@@H]3c4ccc(O)cc4CC[C@H]3[C@@H]1C(/C=C\c1ccccc1)C[C@@H]2O. The highest BCUT2D eigenvalue weighted by molar-refractivity contribution is 5.49. The molecule has 2 aromatic carbocycles. The molecule has 6 atom stereocenters. The van der Waals surface area contributed by atoms with Crippen LogP contribution in [0, 0.1) is 23.2 Å². The molecule has 3 aliphatic rings. The lowest BCUT2D eigenvalue weighted by molar-refractivity contribution is -0.0268. The van der Waals surface area contributed by atoms with Gasteiger partial charge in [-0.15, -0.1) is 0 Å². The van der Waals surface area contributed by atoms with Gasteiger partial charge in [-0.25, -0.2) is 0 Å². The molecule has 0 bridgehead atoms. The summed E-state index contributed by atoms with van der Waals surface area (Å²) in [5, 5.41) is 20.9. The lowest BCUT2D eigenvalue weighted by Gasteiger charge is -2.51. The molecule has 5 rings (SSSR count). The van der Waals surface area contributed by atoms with Crippen LogP contribution in [0.2, 0.25) is 0 Å². The highest BCUT2D eigenvalue weighted by Gasteiger charge is 2.57. The number of aliphatic hydroxyl groups is 1. The summed E-state index contributed by atoms with van der Waals surface area (Å²) in [6.45, 7) is 2.33. The van der Waals surface area contributed by atoms with Crippen LogP contribution >= 0.6 is 0 Å². The van der Waals surface area contributed by atoms with Crippen LogP contribution < -0.4 is 0 Å². The summed E-state index contributed by atoms with van der Waals surface area (Å²) in [6, 6.07) is 16.5. The minimum atomic E-state index is -0.204. The number of allylic oxidation sites excluding steroid dienone is 1. The van der Waals surface area contributed by atoms with Crippen molar-refractivity contribution in [3.05, 3.63) is 71.3 Å². The zero-order valence-corrected chi connectivity index (χ0v) is 16.6. The van der Waals surface area contributed by atoms with Crippen molar-refractivity contribution in [2.45, 2.75) is 51.0 Å². The van der Waals surface area contributed by atoms with E-state index in [0.717, 1.165) is 25.7 Å². The van der Waals surface area contributed by atoms with Crippen molar-refractivity contribution in [3.8, 4) is 5.75 Å². The first-order valence-corrected chi connectivity index (χ1v) is 10.8. The second-order valence-electron chi connectivity index (χ2n) is 9.45. The minimum absolute atomic E-state index is 0.0291. The molecule has 2 N–H and O–H groups in total. The largest absolute Gasteiger partial charge is 0.508 e. The van der Waals surface area contributed by atoms with Gasteiger partial charge < -0.3 is 10.2 Å². The normalized spacial score (nSPS) is 36.7. The summed E-state index contributed by atoms with van der Waals surface area (Å²) in [4.78, 5) is 0. The van der Waals surface area contributed by atoms with Gasteiger partial charge in [0.1, 0.15) is 5.75 Å². The lowest BCUT2D eigenvalue weighted by Crippen LogP contribution is -2.45. The Morgan fingerprint density at radius 1 is 1.07 bits per heavy atom. The molecule has 0 spiro atoms. The van der Waals surface area contributed by atoms with Crippen molar-refractivity contribution in [3.63, 3.8) is 0 Å². The van der Waals surface area contributed by atoms with Crippen LogP contribution in [0.25, 0.3) is 6.08 Å². The molecule has 2 fully saturated rings. The molecule has 2 nitrogen and oxygen atoms in total. The van der Waals surface area contributed by atoms with Gasteiger partial charge >= 0.3 is 0 Å². The number of phenols is 1. The van der Waals surface area contributed by atoms with E-state index in [9.17, 15) is 10.2 Å². The van der Waals surface area contributed by atoms with Gasteiger partial charge in [-0.2, -0.15) is 0 Å². The van der Waals surface area contributed by atoms with E-state index in [-0.39, 0.29) is 11.5 Å². The maximum absolute atomic E-state index is 11.0. The summed E-state index contributed by atoms with van der Waals surface area (Å²) < 4.78 is 0. The Balaban J connectivity index is 1.48. The maximum atomic E-state index is 11.0. The predicted octanol–water partition coefficient (Wildman–Crippen LogP) is 5.55. The monoisotopic (exact) mass is 374 g/mol. The number of phenolic OH excluding ortho intramolecular Hbond substituents is 1. The Morgan fingerprint density at radius 2 is 1.89 bits per heavy atom. The van der Waals surface area contributed by atoms with Crippen LogP contribution in [0.4, 0.5) is 0 Å². The Kier molecular flexibility index (Phi) is 4.35. The molecule has 0 amide bonds. The number of aryl methyl sites for hydroxylation is 1. The Hall–Kier alpha value is -2.06. The van der Waals surface area contributed by atoms with Gasteiger partial charge in [0, 0.05) is 0 Å². The van der Waals surface area contributed by atoms with Gasteiger partial charge in [0.25, 0.3) is 0 Å². The van der Waals surface area contributed by atoms with Gasteiger partial charge in [0.2, 0.25) is 0 Å². The number of fused-ring (bicyclic) bond motifs is 5. The zero-order valence-electron chi connectivity index (χ0n) is 16.6. The van der Waals surface area contributed by atoms with Crippen LogP contribution in [-0.2, 0) is 6.42 Å². The summed E-state index contributed by atoms with van der Waals surface area (Å²) >= 11 is 0. The molecular weight excluding hydrogens is 344 g/mol. The molecule has 0 aliphatic heterocycles. The van der Waals surface area contributed by atoms with E-state index in [4.69, 9.17) is 0 Å². The Labute approximate surface area is 167 Å². The van der Waals surface area contributed by atoms with Gasteiger partial charge in [0.05, 0.1) is 6.10 Å². The van der Waals surface area contributed by atoms with E-state index < -0.39 is 0 Å². The van der Waals surface area contributed by atoms with Gasteiger partial charge in [-0.05, 0) is 90.0 Å². The highest BCUT2D eigenvalue weighted by Crippen LogP contribution is 2.63. The summed E-state index contributed by atoms with van der Waals surface area (Å²) in [5.41, 5.74) is 4.05. The lowest BCUT2D eigenvalue weighted by atomic mass is 9.54. The van der Waals surface area contributed by atoms with Gasteiger partial charge in [0.15, 0.2) is 0 Å². The summed E-state index contributed by atoms with van der Waals surface area (Å²) in [5.74, 6) is 2.55. The minimum Gasteiger partial charge on any atom is -0.508 e. The molecule has 0 aromatic heterocycles. The van der Waals surface area contributed by atoms with Crippen molar-refractivity contribution in [1.29, 1.82) is 0 Å². The van der Waals surface area contributed by atoms with Crippen molar-refractivity contribution < 1.29 is 10.2 Å². The first kappa shape index (κ1) is 18.0. The second kappa shape index (κ2) is 6.77. The quantitative estimate of drug-likeness (QED) is 0.724. The molecule has 2 heteroatoms. The van der Waals surface area contributed by atoms with Crippen molar-refractivity contribution >= 4 is 6.08 Å². The fraction of sp³-hybridized carbons (Fsp3) is 0.462. The number of rotatable bonds is 2. The van der Waals surface area contributed by atoms with E-state index in [2.05, 4.69) is 55.5 Å². The number of aromatic hydroxyl groups is 1. The molecule has 3 aliphatic carbocycles. The number of hydrogen-bond donors (Lipinski definition) is 2. The molecule has 0 saturated heterocycles. The van der Waals surface area contributed by atoms with Crippen LogP contribution in [0.1, 0.15) is 55.2 Å². The summed E-state index contributed by atoms with van der Waals surface area (Å²) in [6.07, 6.45) is 9.77. The third-order valence-electron chi connectivity index (χ3n) is 8.06. The number of aliphatic hydroxyl groups excluding tert-OH is 1. The van der Waals surface area contributed by atoms with E-state index >= 15 is 0 Å². The van der Waals surface area contributed by atoms with Crippen LogP contribution in [-0.4, -0.2) is 16.3 Å². The third-order valence-corrected chi connectivity index (χ3v) is 8.06. The van der Waals surface area contributed by atoms with Crippen LogP contribution in [0.5, 0.6) is 5.75 Å². The Bertz CT molecular complexity index is 887. The fourth-order valence-electron chi connectivity index (χ4n) is 6.71. The molecule has 28 heavy (non-hydrogen) atoms. The van der Waals surface area contributed by atoms with Crippen LogP contribution in [0.3, 0.4) is 0 Å². The van der Waals surface area contributed by atoms with Crippen LogP contribution in [0.15, 0.2) is 54.6 Å². The molecular formula is C26H30O2. The average Bonchev–Trinajstić information content (AvgIpc) is 2.97. The zero-order chi connectivity index (χ0) is 19.3.